The summed E-state index contributed by atoms with van der Waals surface area (Å²) in [5.41, 5.74) is 0.481. The fraction of sp³-hybridized carbons (Fsp3) is 0.947. The molecule has 0 radical (unpaired) electrons. The van der Waals surface area contributed by atoms with Crippen LogP contribution in [-0.4, -0.2) is 23.9 Å². The van der Waals surface area contributed by atoms with Gasteiger partial charge in [-0.2, -0.15) is 0 Å². The maximum Gasteiger partial charge on any atom is 0.225 e. The van der Waals surface area contributed by atoms with Crippen LogP contribution < -0.4 is 0 Å². The Labute approximate surface area is 131 Å². The van der Waals surface area contributed by atoms with Gasteiger partial charge in [0.2, 0.25) is 5.91 Å². The lowest BCUT2D eigenvalue weighted by molar-refractivity contribution is -0.137. The molecule has 0 atom stereocenters. The molecule has 0 spiro atoms. The largest absolute Gasteiger partial charge is 0.343 e. The highest BCUT2D eigenvalue weighted by molar-refractivity contribution is 5.78. The lowest BCUT2D eigenvalue weighted by Gasteiger charge is -2.43. The molecule has 0 N–H and O–H groups in total. The number of carbonyl (C=O) groups excluding carboxylic acids is 1. The summed E-state index contributed by atoms with van der Waals surface area (Å²) in [6.45, 7) is 9.20. The van der Waals surface area contributed by atoms with E-state index in [1.165, 1.54) is 38.5 Å². The lowest BCUT2D eigenvalue weighted by Crippen LogP contribution is -2.41. The van der Waals surface area contributed by atoms with Gasteiger partial charge >= 0.3 is 0 Å². The number of nitrogens with zero attached hydrogens (tertiary/aromatic N) is 1. The lowest BCUT2D eigenvalue weighted by atomic mass is 9.62. The van der Waals surface area contributed by atoms with Crippen LogP contribution in [0.4, 0.5) is 0 Å². The van der Waals surface area contributed by atoms with Gasteiger partial charge in [0.1, 0.15) is 0 Å². The molecule has 0 unspecified atom stereocenters. The van der Waals surface area contributed by atoms with Gasteiger partial charge in [0.05, 0.1) is 0 Å². The van der Waals surface area contributed by atoms with E-state index in [9.17, 15) is 4.79 Å². The molecule has 2 saturated carbocycles. The molecular formula is C19H35NO. The normalized spacial score (nSPS) is 28.1. The van der Waals surface area contributed by atoms with Crippen molar-refractivity contribution < 1.29 is 4.79 Å². The van der Waals surface area contributed by atoms with Crippen LogP contribution in [0.15, 0.2) is 0 Å². The summed E-state index contributed by atoms with van der Waals surface area (Å²) in [5.74, 6) is 2.41. The number of amides is 1. The zero-order chi connectivity index (χ0) is 15.6. The highest BCUT2D eigenvalue weighted by atomic mass is 16.2. The summed E-state index contributed by atoms with van der Waals surface area (Å²) >= 11 is 0. The van der Waals surface area contributed by atoms with E-state index in [1.54, 1.807) is 0 Å². The SMILES string of the molecule is CC(C)N(C)C(=O)C1CCC(C(C)(C)C2CCCC2)CC1. The first-order valence-corrected chi connectivity index (χ1v) is 9.10. The highest BCUT2D eigenvalue weighted by Gasteiger charge is 2.41. The maximum absolute atomic E-state index is 12.5. The maximum atomic E-state index is 12.5. The van der Waals surface area contributed by atoms with Gasteiger partial charge in [-0.25, -0.2) is 0 Å². The number of hydrogen-bond donors (Lipinski definition) is 0. The molecule has 2 heteroatoms. The van der Waals surface area contributed by atoms with Crippen molar-refractivity contribution in [2.75, 3.05) is 7.05 Å². The van der Waals surface area contributed by atoms with Crippen molar-refractivity contribution in [2.24, 2.45) is 23.2 Å². The first-order valence-electron chi connectivity index (χ1n) is 9.10. The Hall–Kier alpha value is -0.530. The predicted octanol–water partition coefficient (Wildman–Crippen LogP) is 4.88. The number of rotatable bonds is 4. The molecule has 2 rings (SSSR count). The molecule has 0 aromatic heterocycles. The molecule has 1 amide bonds. The molecule has 2 fully saturated rings. The van der Waals surface area contributed by atoms with E-state index in [0.717, 1.165) is 24.7 Å². The van der Waals surface area contributed by atoms with Gasteiger partial charge in [-0.15, -0.1) is 0 Å². The Morgan fingerprint density at radius 1 is 0.952 bits per heavy atom. The van der Waals surface area contributed by atoms with Crippen LogP contribution in [0, 0.1) is 23.2 Å². The van der Waals surface area contributed by atoms with E-state index in [0.29, 0.717) is 17.4 Å². The van der Waals surface area contributed by atoms with Crippen molar-refractivity contribution in [1.82, 2.24) is 4.90 Å². The van der Waals surface area contributed by atoms with Gasteiger partial charge in [0.25, 0.3) is 0 Å². The van der Waals surface area contributed by atoms with Gasteiger partial charge in [-0.1, -0.05) is 26.7 Å². The third-order valence-corrected chi connectivity index (χ3v) is 6.66. The van der Waals surface area contributed by atoms with Crippen LogP contribution in [0.3, 0.4) is 0 Å². The molecule has 0 aromatic carbocycles. The van der Waals surface area contributed by atoms with Crippen LogP contribution in [0.5, 0.6) is 0 Å². The second-order valence-corrected chi connectivity index (χ2v) is 8.39. The number of hydrogen-bond acceptors (Lipinski definition) is 1. The molecular weight excluding hydrogens is 258 g/mol. The molecule has 2 aliphatic rings. The van der Waals surface area contributed by atoms with Crippen LogP contribution in [0.2, 0.25) is 0 Å². The Kier molecular flexibility index (Phi) is 5.38. The van der Waals surface area contributed by atoms with Gasteiger partial charge in [-0.05, 0) is 69.6 Å². The zero-order valence-electron chi connectivity index (χ0n) is 14.8. The molecule has 122 valence electrons. The fourth-order valence-electron chi connectivity index (χ4n) is 4.63. The molecule has 0 aliphatic heterocycles. The standard InChI is InChI=1S/C19H35NO/c1-14(2)20(5)18(21)15-10-12-17(13-11-15)19(3,4)16-8-6-7-9-16/h14-17H,6-13H2,1-5H3. The quantitative estimate of drug-likeness (QED) is 0.723. The summed E-state index contributed by atoms with van der Waals surface area (Å²) in [5, 5.41) is 0. The fourth-order valence-corrected chi connectivity index (χ4v) is 4.63. The Morgan fingerprint density at radius 2 is 1.43 bits per heavy atom. The van der Waals surface area contributed by atoms with Crippen molar-refractivity contribution in [1.29, 1.82) is 0 Å². The van der Waals surface area contributed by atoms with Crippen molar-refractivity contribution in [2.45, 2.75) is 85.1 Å². The molecule has 2 nitrogen and oxygen atoms in total. The van der Waals surface area contributed by atoms with Gasteiger partial charge in [0, 0.05) is 19.0 Å². The first kappa shape index (κ1) is 16.8. The Bertz CT molecular complexity index is 347. The van der Waals surface area contributed by atoms with E-state index >= 15 is 0 Å². The minimum atomic E-state index is 0.285. The minimum Gasteiger partial charge on any atom is -0.343 e. The summed E-state index contributed by atoms with van der Waals surface area (Å²) < 4.78 is 0. The van der Waals surface area contributed by atoms with Crippen molar-refractivity contribution >= 4 is 5.91 Å². The van der Waals surface area contributed by atoms with Gasteiger partial charge in [-0.3, -0.25) is 4.79 Å². The highest BCUT2D eigenvalue weighted by Crippen LogP contribution is 2.49. The number of carbonyl (C=O) groups is 1. The molecule has 21 heavy (non-hydrogen) atoms. The second-order valence-electron chi connectivity index (χ2n) is 8.39. The first-order chi connectivity index (χ1) is 9.84. The second kappa shape index (κ2) is 6.71. The average Bonchev–Trinajstić information content (AvgIpc) is 3.00. The van der Waals surface area contributed by atoms with E-state index in [1.807, 2.05) is 11.9 Å². The molecule has 0 heterocycles. The summed E-state index contributed by atoms with van der Waals surface area (Å²) in [7, 11) is 1.96. The minimum absolute atomic E-state index is 0.285. The van der Waals surface area contributed by atoms with E-state index in [2.05, 4.69) is 27.7 Å². The van der Waals surface area contributed by atoms with Crippen LogP contribution >= 0.6 is 0 Å². The van der Waals surface area contributed by atoms with Gasteiger partial charge in [0.15, 0.2) is 0 Å². The van der Waals surface area contributed by atoms with E-state index < -0.39 is 0 Å². The van der Waals surface area contributed by atoms with Crippen LogP contribution in [0.1, 0.15) is 79.1 Å². The predicted molar refractivity (Wildman–Crippen MR) is 89.1 cm³/mol. The third kappa shape index (κ3) is 3.63. The molecule has 0 saturated heterocycles. The summed E-state index contributed by atoms with van der Waals surface area (Å²) in [6, 6.07) is 0.324. The molecule has 0 bridgehead atoms. The summed E-state index contributed by atoms with van der Waals surface area (Å²) in [6.07, 6.45) is 10.5. The Balaban J connectivity index is 1.89. The van der Waals surface area contributed by atoms with Crippen molar-refractivity contribution in [3.8, 4) is 0 Å². The van der Waals surface area contributed by atoms with Crippen molar-refractivity contribution in [3.63, 3.8) is 0 Å². The van der Waals surface area contributed by atoms with E-state index in [-0.39, 0.29) is 5.92 Å². The van der Waals surface area contributed by atoms with E-state index in [4.69, 9.17) is 0 Å². The molecule has 2 aliphatic carbocycles. The zero-order valence-corrected chi connectivity index (χ0v) is 14.8. The Morgan fingerprint density at radius 3 is 1.90 bits per heavy atom. The van der Waals surface area contributed by atoms with Crippen LogP contribution in [-0.2, 0) is 4.79 Å². The smallest absolute Gasteiger partial charge is 0.225 e. The van der Waals surface area contributed by atoms with Gasteiger partial charge < -0.3 is 4.90 Å². The summed E-state index contributed by atoms with van der Waals surface area (Å²) in [4.78, 5) is 14.4. The average molecular weight is 293 g/mol. The third-order valence-electron chi connectivity index (χ3n) is 6.66. The molecule has 0 aromatic rings. The topological polar surface area (TPSA) is 20.3 Å². The van der Waals surface area contributed by atoms with Crippen LogP contribution in [0.25, 0.3) is 0 Å². The monoisotopic (exact) mass is 293 g/mol. The van der Waals surface area contributed by atoms with Crippen molar-refractivity contribution in [3.05, 3.63) is 0 Å².